The number of nitrogens with zero attached hydrogens (tertiary/aromatic N) is 1. The third kappa shape index (κ3) is 2.03. The molecule has 0 bridgehead atoms. The second-order valence-corrected chi connectivity index (χ2v) is 5.44. The summed E-state index contributed by atoms with van der Waals surface area (Å²) in [5.41, 5.74) is -0.176. The van der Waals surface area contributed by atoms with Crippen LogP contribution in [0.15, 0.2) is 28.7 Å². The van der Waals surface area contributed by atoms with Crippen LogP contribution >= 0.6 is 15.9 Å². The van der Waals surface area contributed by atoms with Crippen LogP contribution in [0, 0.1) is 0 Å². The molecule has 4 nitrogen and oxygen atoms in total. The molecule has 0 aromatic heterocycles. The number of hydrogen-bond donors (Lipinski definition) is 1. The quantitative estimate of drug-likeness (QED) is 0.873. The average Bonchev–Trinajstić information content (AvgIpc) is 2.55. The minimum absolute atomic E-state index is 0.188. The average molecular weight is 311 g/mol. The summed E-state index contributed by atoms with van der Waals surface area (Å²) in [6.07, 6.45) is 0.758. The van der Waals surface area contributed by atoms with Crippen LogP contribution < -0.4 is 5.32 Å². The van der Waals surface area contributed by atoms with Crippen molar-refractivity contribution < 1.29 is 9.59 Å². The van der Waals surface area contributed by atoms with Gasteiger partial charge in [0, 0.05) is 11.0 Å². The maximum absolute atomic E-state index is 12.4. The Kier molecular flexibility index (Phi) is 3.43. The van der Waals surface area contributed by atoms with E-state index in [2.05, 4.69) is 21.2 Å². The molecule has 0 radical (unpaired) electrons. The Bertz CT molecular complexity index is 504. The lowest BCUT2D eigenvalue weighted by Crippen LogP contribution is -2.41. The van der Waals surface area contributed by atoms with E-state index in [0.717, 1.165) is 16.5 Å². The maximum atomic E-state index is 12.4. The summed E-state index contributed by atoms with van der Waals surface area (Å²) in [4.78, 5) is 25.5. The summed E-state index contributed by atoms with van der Waals surface area (Å²) in [5.74, 6) is -0.188. The van der Waals surface area contributed by atoms with Gasteiger partial charge >= 0.3 is 6.03 Å². The predicted molar refractivity (Wildman–Crippen MR) is 72.0 cm³/mol. The van der Waals surface area contributed by atoms with Gasteiger partial charge in [0.25, 0.3) is 5.91 Å². The van der Waals surface area contributed by atoms with Crippen LogP contribution in [0.3, 0.4) is 0 Å². The molecule has 1 heterocycles. The number of benzene rings is 1. The Morgan fingerprint density at radius 2 is 2.11 bits per heavy atom. The van der Waals surface area contributed by atoms with Crippen LogP contribution in [-0.2, 0) is 10.3 Å². The first kappa shape index (κ1) is 13.1. The molecule has 0 aliphatic carbocycles. The van der Waals surface area contributed by atoms with Gasteiger partial charge in [-0.3, -0.25) is 9.69 Å². The van der Waals surface area contributed by atoms with Crippen LogP contribution in [0.5, 0.6) is 0 Å². The van der Waals surface area contributed by atoms with Gasteiger partial charge in [0.15, 0.2) is 0 Å². The Morgan fingerprint density at radius 3 is 2.72 bits per heavy atom. The molecule has 1 saturated heterocycles. The summed E-state index contributed by atoms with van der Waals surface area (Å²) in [7, 11) is 0. The predicted octanol–water partition coefficient (Wildman–Crippen LogP) is 2.63. The van der Waals surface area contributed by atoms with E-state index in [4.69, 9.17) is 0 Å². The summed E-state index contributed by atoms with van der Waals surface area (Å²) in [6, 6.07) is 7.13. The lowest BCUT2D eigenvalue weighted by Gasteiger charge is -2.22. The Labute approximate surface area is 114 Å². The molecule has 1 fully saturated rings. The zero-order valence-electron chi connectivity index (χ0n) is 10.4. The summed E-state index contributed by atoms with van der Waals surface area (Å²) in [5, 5.41) is 2.78. The minimum Gasteiger partial charge on any atom is -0.319 e. The van der Waals surface area contributed by atoms with Crippen molar-refractivity contribution in [2.45, 2.75) is 25.8 Å². The molecule has 1 atom stereocenters. The van der Waals surface area contributed by atoms with E-state index in [0.29, 0.717) is 6.54 Å². The van der Waals surface area contributed by atoms with Crippen LogP contribution in [0.2, 0.25) is 0 Å². The van der Waals surface area contributed by atoms with Crippen molar-refractivity contribution in [3.05, 3.63) is 34.3 Å². The van der Waals surface area contributed by atoms with Crippen molar-refractivity contribution >= 4 is 27.9 Å². The van der Waals surface area contributed by atoms with Crippen molar-refractivity contribution in [1.29, 1.82) is 0 Å². The molecule has 0 spiro atoms. The molecule has 0 saturated carbocycles. The summed E-state index contributed by atoms with van der Waals surface area (Å²) in [6.45, 7) is 4.13. The molecule has 5 heteroatoms. The Morgan fingerprint density at radius 1 is 1.39 bits per heavy atom. The molecule has 96 valence electrons. The first-order valence-electron chi connectivity index (χ1n) is 5.89. The smallest absolute Gasteiger partial charge is 0.319 e. The molecule has 1 aliphatic heterocycles. The topological polar surface area (TPSA) is 49.4 Å². The van der Waals surface area contributed by atoms with Crippen LogP contribution in [0.4, 0.5) is 4.79 Å². The molecule has 1 N–H and O–H groups in total. The standard InChI is InChI=1S/C13H15BrN2O2/c1-3-7-16-11(17)13(2,15-12(16)18)9-5-4-6-10(14)8-9/h4-6,8H,3,7H2,1-2H3,(H,15,18). The second-order valence-electron chi connectivity index (χ2n) is 4.52. The fourth-order valence-corrected chi connectivity index (χ4v) is 2.52. The SMILES string of the molecule is CCCN1C(=O)NC(C)(c2cccc(Br)c2)C1=O. The molecule has 1 unspecified atom stereocenters. The number of hydrogen-bond acceptors (Lipinski definition) is 2. The van der Waals surface area contributed by atoms with Crippen LogP contribution in [0.25, 0.3) is 0 Å². The van der Waals surface area contributed by atoms with Gasteiger partial charge in [-0.05, 0) is 31.0 Å². The van der Waals surface area contributed by atoms with Gasteiger partial charge in [0.1, 0.15) is 5.54 Å². The largest absolute Gasteiger partial charge is 0.325 e. The third-order valence-corrected chi connectivity index (χ3v) is 3.62. The minimum atomic E-state index is -0.962. The van der Waals surface area contributed by atoms with Gasteiger partial charge in [0.2, 0.25) is 0 Å². The fourth-order valence-electron chi connectivity index (χ4n) is 2.12. The molecule has 3 amide bonds. The lowest BCUT2D eigenvalue weighted by molar-refractivity contribution is -0.131. The fraction of sp³-hybridized carbons (Fsp3) is 0.385. The van der Waals surface area contributed by atoms with Gasteiger partial charge < -0.3 is 5.32 Å². The van der Waals surface area contributed by atoms with E-state index in [1.165, 1.54) is 4.90 Å². The third-order valence-electron chi connectivity index (χ3n) is 3.12. The van der Waals surface area contributed by atoms with Crippen molar-refractivity contribution in [2.75, 3.05) is 6.54 Å². The zero-order valence-corrected chi connectivity index (χ0v) is 12.0. The Hall–Kier alpha value is -1.36. The van der Waals surface area contributed by atoms with Crippen LogP contribution in [-0.4, -0.2) is 23.4 Å². The van der Waals surface area contributed by atoms with Gasteiger partial charge in [-0.2, -0.15) is 0 Å². The van der Waals surface area contributed by atoms with E-state index >= 15 is 0 Å². The second kappa shape index (κ2) is 4.72. The van der Waals surface area contributed by atoms with Crippen molar-refractivity contribution in [2.24, 2.45) is 0 Å². The Balaban J connectivity index is 2.38. The lowest BCUT2D eigenvalue weighted by atomic mass is 9.92. The van der Waals surface area contributed by atoms with Gasteiger partial charge in [0.05, 0.1) is 0 Å². The molecule has 1 aromatic rings. The summed E-state index contributed by atoms with van der Waals surface area (Å²) < 4.78 is 0.886. The number of amides is 3. The highest BCUT2D eigenvalue weighted by Crippen LogP contribution is 2.30. The molecular weight excluding hydrogens is 296 g/mol. The first-order chi connectivity index (χ1) is 8.49. The highest BCUT2D eigenvalue weighted by molar-refractivity contribution is 9.10. The maximum Gasteiger partial charge on any atom is 0.325 e. The first-order valence-corrected chi connectivity index (χ1v) is 6.68. The van der Waals surface area contributed by atoms with Gasteiger partial charge in [-0.1, -0.05) is 35.0 Å². The van der Waals surface area contributed by atoms with Gasteiger partial charge in [-0.15, -0.1) is 0 Å². The number of halogens is 1. The zero-order chi connectivity index (χ0) is 13.3. The monoisotopic (exact) mass is 310 g/mol. The summed E-state index contributed by atoms with van der Waals surface area (Å²) >= 11 is 3.38. The van der Waals surface area contributed by atoms with Crippen molar-refractivity contribution in [3.8, 4) is 0 Å². The molecular formula is C13H15BrN2O2. The number of carbonyl (C=O) groups is 2. The number of rotatable bonds is 3. The van der Waals surface area contributed by atoms with E-state index < -0.39 is 5.54 Å². The van der Waals surface area contributed by atoms with E-state index in [1.54, 1.807) is 6.92 Å². The van der Waals surface area contributed by atoms with Crippen LogP contribution in [0.1, 0.15) is 25.8 Å². The molecule has 2 rings (SSSR count). The molecule has 1 aromatic carbocycles. The number of imide groups is 1. The number of carbonyl (C=O) groups excluding carboxylic acids is 2. The number of urea groups is 1. The molecule has 1 aliphatic rings. The van der Waals surface area contributed by atoms with Crippen molar-refractivity contribution in [3.63, 3.8) is 0 Å². The number of nitrogens with one attached hydrogen (secondary N) is 1. The van der Waals surface area contributed by atoms with Gasteiger partial charge in [-0.25, -0.2) is 4.79 Å². The van der Waals surface area contributed by atoms with E-state index in [9.17, 15) is 9.59 Å². The molecule has 18 heavy (non-hydrogen) atoms. The normalized spacial score (nSPS) is 23.4. The highest BCUT2D eigenvalue weighted by atomic mass is 79.9. The highest BCUT2D eigenvalue weighted by Gasteiger charge is 2.48. The van der Waals surface area contributed by atoms with E-state index in [1.807, 2.05) is 31.2 Å². The van der Waals surface area contributed by atoms with E-state index in [-0.39, 0.29) is 11.9 Å². The van der Waals surface area contributed by atoms with Crippen molar-refractivity contribution in [1.82, 2.24) is 10.2 Å².